The van der Waals surface area contributed by atoms with Gasteiger partial charge in [0, 0.05) is 17.5 Å². The van der Waals surface area contributed by atoms with Crippen molar-refractivity contribution in [3.05, 3.63) is 11.9 Å². The molecule has 0 bridgehead atoms. The number of thioether (sulfide) groups is 2. The Morgan fingerprint density at radius 1 is 1.72 bits per heavy atom. The van der Waals surface area contributed by atoms with Crippen LogP contribution in [0.15, 0.2) is 11.4 Å². The van der Waals surface area contributed by atoms with Crippen LogP contribution in [0.3, 0.4) is 0 Å². The summed E-state index contributed by atoms with van der Waals surface area (Å²) in [7, 11) is 0. The summed E-state index contributed by atoms with van der Waals surface area (Å²) < 4.78 is 2.38. The maximum atomic E-state index is 10.6. The van der Waals surface area contributed by atoms with E-state index in [0.29, 0.717) is 0 Å². The fraction of sp³-hybridized carbons (Fsp3) is 0.667. The third-order valence-corrected chi connectivity index (χ3v) is 5.49. The van der Waals surface area contributed by atoms with Crippen LogP contribution in [0.2, 0.25) is 0 Å². The Morgan fingerprint density at radius 2 is 2.50 bits per heavy atom. The monoisotopic (exact) mass is 286 g/mol. The zero-order valence-electron chi connectivity index (χ0n) is 10.7. The Morgan fingerprint density at radius 3 is 3.11 bits per heavy atom. The molecule has 18 heavy (non-hydrogen) atoms. The third kappa shape index (κ3) is 3.45. The fourth-order valence-electron chi connectivity index (χ4n) is 2.20. The van der Waals surface area contributed by atoms with Crippen LogP contribution in [-0.4, -0.2) is 36.9 Å². The summed E-state index contributed by atoms with van der Waals surface area (Å²) in [5.74, 6) is 0.496. The molecule has 0 aromatic carbocycles. The minimum atomic E-state index is -0.798. The van der Waals surface area contributed by atoms with Gasteiger partial charge in [-0.3, -0.25) is 4.79 Å². The fourth-order valence-corrected chi connectivity index (χ4v) is 4.25. The van der Waals surface area contributed by atoms with Gasteiger partial charge in [0.25, 0.3) is 0 Å². The first-order valence-corrected chi connectivity index (χ1v) is 7.98. The van der Waals surface area contributed by atoms with Crippen molar-refractivity contribution >= 4 is 29.5 Å². The van der Waals surface area contributed by atoms with E-state index in [-0.39, 0.29) is 10.5 Å². The number of aryl methyl sites for hydroxylation is 1. The molecule has 100 valence electrons. The number of rotatable bonds is 5. The van der Waals surface area contributed by atoms with Gasteiger partial charge in [0.1, 0.15) is 0 Å². The molecule has 1 unspecified atom stereocenters. The van der Waals surface area contributed by atoms with Crippen LogP contribution in [0.4, 0.5) is 0 Å². The number of carbonyl (C=O) groups is 1. The van der Waals surface area contributed by atoms with E-state index in [9.17, 15) is 4.79 Å². The number of aliphatic carboxylic acids is 1. The second kappa shape index (κ2) is 5.57. The van der Waals surface area contributed by atoms with Gasteiger partial charge in [0.2, 0.25) is 0 Å². The van der Waals surface area contributed by atoms with E-state index in [1.165, 1.54) is 30.4 Å². The van der Waals surface area contributed by atoms with Crippen LogP contribution >= 0.6 is 23.5 Å². The Labute approximate surface area is 116 Å². The highest BCUT2D eigenvalue weighted by Crippen LogP contribution is 2.39. The third-order valence-electron chi connectivity index (χ3n) is 2.99. The first-order chi connectivity index (χ1) is 8.48. The molecule has 2 rings (SSSR count). The number of nitrogens with zero attached hydrogens (tertiary/aromatic N) is 2. The molecule has 4 nitrogen and oxygen atoms in total. The molecule has 1 N–H and O–H groups in total. The van der Waals surface area contributed by atoms with Crippen molar-refractivity contribution < 1.29 is 9.90 Å². The van der Waals surface area contributed by atoms with Gasteiger partial charge in [-0.2, -0.15) is 11.8 Å². The summed E-state index contributed by atoms with van der Waals surface area (Å²) in [6.45, 7) is 5.15. The molecule has 2 heterocycles. The van der Waals surface area contributed by atoms with E-state index < -0.39 is 5.97 Å². The molecule has 1 aromatic rings. The lowest BCUT2D eigenvalue weighted by molar-refractivity contribution is -0.133. The van der Waals surface area contributed by atoms with E-state index in [2.05, 4.69) is 16.5 Å². The topological polar surface area (TPSA) is 55.1 Å². The number of carboxylic acids is 1. The molecule has 1 atom stereocenters. The summed E-state index contributed by atoms with van der Waals surface area (Å²) in [5.41, 5.74) is 0.953. The number of aromatic nitrogens is 2. The normalized spacial score (nSPS) is 23.4. The van der Waals surface area contributed by atoms with Gasteiger partial charge in [0.05, 0.1) is 11.4 Å². The Balaban J connectivity index is 2.09. The number of hydrogen-bond donors (Lipinski definition) is 1. The van der Waals surface area contributed by atoms with Crippen LogP contribution in [0.1, 0.15) is 25.5 Å². The number of carboxylic acid groups (broad SMARTS) is 1. The van der Waals surface area contributed by atoms with E-state index in [1.807, 2.05) is 24.9 Å². The van der Waals surface area contributed by atoms with Crippen LogP contribution in [-0.2, 0) is 11.3 Å². The van der Waals surface area contributed by atoms with Gasteiger partial charge < -0.3 is 9.67 Å². The zero-order valence-corrected chi connectivity index (χ0v) is 12.3. The predicted octanol–water partition coefficient (Wildman–Crippen LogP) is 2.65. The van der Waals surface area contributed by atoms with Crippen molar-refractivity contribution in [3.63, 3.8) is 0 Å². The van der Waals surface area contributed by atoms with Gasteiger partial charge in [0.15, 0.2) is 5.16 Å². The maximum Gasteiger partial charge on any atom is 0.313 e. The predicted molar refractivity (Wildman–Crippen MR) is 75.4 cm³/mol. The first kappa shape index (κ1) is 13.8. The van der Waals surface area contributed by atoms with Crippen molar-refractivity contribution in [2.24, 2.45) is 0 Å². The summed E-state index contributed by atoms with van der Waals surface area (Å²) in [4.78, 5) is 15.0. The van der Waals surface area contributed by atoms with Gasteiger partial charge in [-0.25, -0.2) is 4.98 Å². The first-order valence-electron chi connectivity index (χ1n) is 6.01. The van der Waals surface area contributed by atoms with E-state index in [1.54, 1.807) is 0 Å². The molecular weight excluding hydrogens is 268 g/mol. The molecule has 0 radical (unpaired) electrons. The number of imidazole rings is 1. The zero-order chi connectivity index (χ0) is 13.2. The largest absolute Gasteiger partial charge is 0.481 e. The molecular formula is C12H18N2O2S2. The lowest BCUT2D eigenvalue weighted by Crippen LogP contribution is -2.23. The average Bonchev–Trinajstić information content (AvgIpc) is 2.83. The van der Waals surface area contributed by atoms with Gasteiger partial charge >= 0.3 is 5.97 Å². The minimum Gasteiger partial charge on any atom is -0.481 e. The quantitative estimate of drug-likeness (QED) is 0.843. The maximum absolute atomic E-state index is 10.6. The average molecular weight is 286 g/mol. The molecule has 1 fully saturated rings. The lowest BCUT2D eigenvalue weighted by Gasteiger charge is -2.23. The Hall–Kier alpha value is -0.620. The highest BCUT2D eigenvalue weighted by atomic mass is 32.2. The van der Waals surface area contributed by atoms with Crippen LogP contribution in [0, 0.1) is 6.92 Å². The highest BCUT2D eigenvalue weighted by molar-refractivity contribution is 8.00. The van der Waals surface area contributed by atoms with Crippen LogP contribution in [0.5, 0.6) is 0 Å². The Bertz CT molecular complexity index is 439. The summed E-state index contributed by atoms with van der Waals surface area (Å²) in [6.07, 6.45) is 4.51. The molecule has 1 saturated heterocycles. The molecule has 6 heteroatoms. The highest BCUT2D eigenvalue weighted by Gasteiger charge is 2.30. The standard InChI is InChI=1S/C12H18N2O2S2/c1-9-6-14(8-12(2)4-3-5-18-12)11(13-9)17-7-10(15)16/h6H,3-5,7-8H2,1-2H3,(H,15,16). The van der Waals surface area contributed by atoms with Crippen molar-refractivity contribution in [2.75, 3.05) is 11.5 Å². The summed E-state index contributed by atoms with van der Waals surface area (Å²) in [5, 5.41) is 9.57. The van der Waals surface area contributed by atoms with Gasteiger partial charge in [-0.15, -0.1) is 0 Å². The molecule has 0 aliphatic carbocycles. The van der Waals surface area contributed by atoms with Gasteiger partial charge in [-0.05, 0) is 32.4 Å². The molecule has 1 aliphatic heterocycles. The second-order valence-electron chi connectivity index (χ2n) is 4.88. The molecule has 1 aliphatic rings. The number of hydrogen-bond acceptors (Lipinski definition) is 4. The van der Waals surface area contributed by atoms with Crippen LogP contribution in [0.25, 0.3) is 0 Å². The molecule has 0 saturated carbocycles. The lowest BCUT2D eigenvalue weighted by atomic mass is 10.1. The second-order valence-corrected chi connectivity index (χ2v) is 7.50. The van der Waals surface area contributed by atoms with Gasteiger partial charge in [-0.1, -0.05) is 11.8 Å². The SMILES string of the molecule is Cc1cn(CC2(C)CCCS2)c(SCC(=O)O)n1. The van der Waals surface area contributed by atoms with E-state index in [4.69, 9.17) is 5.11 Å². The van der Waals surface area contributed by atoms with Crippen molar-refractivity contribution in [1.82, 2.24) is 9.55 Å². The van der Waals surface area contributed by atoms with E-state index in [0.717, 1.165) is 17.4 Å². The van der Waals surface area contributed by atoms with Crippen molar-refractivity contribution in [2.45, 2.75) is 43.1 Å². The smallest absolute Gasteiger partial charge is 0.313 e. The molecule has 0 amide bonds. The molecule has 1 aromatic heterocycles. The van der Waals surface area contributed by atoms with Crippen molar-refractivity contribution in [3.8, 4) is 0 Å². The Kier molecular flexibility index (Phi) is 4.27. The summed E-state index contributed by atoms with van der Waals surface area (Å²) >= 11 is 3.31. The van der Waals surface area contributed by atoms with E-state index >= 15 is 0 Å². The molecule has 0 spiro atoms. The van der Waals surface area contributed by atoms with Crippen LogP contribution < -0.4 is 0 Å². The van der Waals surface area contributed by atoms with Crippen molar-refractivity contribution in [1.29, 1.82) is 0 Å². The minimum absolute atomic E-state index is 0.0698. The summed E-state index contributed by atoms with van der Waals surface area (Å²) in [6, 6.07) is 0.